The van der Waals surface area contributed by atoms with Crippen molar-refractivity contribution in [1.82, 2.24) is 9.80 Å². The lowest BCUT2D eigenvalue weighted by Crippen LogP contribution is -2.48. The highest BCUT2D eigenvalue weighted by atomic mass is 35.5. The summed E-state index contributed by atoms with van der Waals surface area (Å²) < 4.78 is 22.8. The molecule has 2 aliphatic heterocycles. The molecular formula is C25H33ClN2O5. The second-order valence-corrected chi connectivity index (χ2v) is 9.11. The topological polar surface area (TPSA) is 63.6 Å². The number of benzene rings is 2. The molecule has 0 aromatic heterocycles. The first-order chi connectivity index (χ1) is 16.1. The summed E-state index contributed by atoms with van der Waals surface area (Å²) in [5.41, 5.74) is 0.0805. The predicted molar refractivity (Wildman–Crippen MR) is 127 cm³/mol. The average Bonchev–Trinajstić information content (AvgIpc) is 3.02. The lowest BCUT2D eigenvalue weighted by atomic mass is 10.1. The van der Waals surface area contributed by atoms with Gasteiger partial charge >= 0.3 is 0 Å². The van der Waals surface area contributed by atoms with E-state index < -0.39 is 5.60 Å². The Morgan fingerprint density at radius 3 is 2.24 bits per heavy atom. The molecule has 7 nitrogen and oxygen atoms in total. The summed E-state index contributed by atoms with van der Waals surface area (Å²) >= 11 is 5.93. The first-order valence-electron chi connectivity index (χ1n) is 11.5. The second-order valence-electron chi connectivity index (χ2n) is 8.68. The number of rotatable bonds is 9. The molecule has 0 amide bonds. The Bertz CT molecular complexity index is 845. The largest absolute Gasteiger partial charge is 0.492 e. The Kier molecular flexibility index (Phi) is 8.83. The molecule has 1 N–H and O–H groups in total. The van der Waals surface area contributed by atoms with Gasteiger partial charge in [0.05, 0.1) is 26.4 Å². The van der Waals surface area contributed by atoms with Gasteiger partial charge in [-0.15, -0.1) is 0 Å². The Balaban J connectivity index is 1.25. The number of hydrogen-bond acceptors (Lipinski definition) is 7. The maximum atomic E-state index is 11.1. The van der Waals surface area contributed by atoms with E-state index in [-0.39, 0.29) is 13.2 Å². The Morgan fingerprint density at radius 2 is 1.48 bits per heavy atom. The molecule has 2 fully saturated rings. The van der Waals surface area contributed by atoms with Crippen LogP contribution in [0.2, 0.25) is 5.02 Å². The first kappa shape index (κ1) is 24.3. The first-order valence-corrected chi connectivity index (χ1v) is 11.9. The third-order valence-electron chi connectivity index (χ3n) is 5.87. The van der Waals surface area contributed by atoms with E-state index in [0.29, 0.717) is 30.5 Å². The van der Waals surface area contributed by atoms with E-state index in [4.69, 9.17) is 30.5 Å². The van der Waals surface area contributed by atoms with Crippen molar-refractivity contribution in [1.29, 1.82) is 0 Å². The molecule has 0 radical (unpaired) electrons. The minimum absolute atomic E-state index is 0.154. The van der Waals surface area contributed by atoms with Crippen molar-refractivity contribution in [2.45, 2.75) is 12.1 Å². The fraction of sp³-hybridized carbons (Fsp3) is 0.520. The molecule has 180 valence electrons. The molecule has 0 spiro atoms. The molecule has 2 aromatic carbocycles. The highest BCUT2D eigenvalue weighted by Gasteiger charge is 2.33. The zero-order valence-electron chi connectivity index (χ0n) is 19.0. The lowest BCUT2D eigenvalue weighted by molar-refractivity contribution is -0.0646. The molecule has 8 heteroatoms. The Morgan fingerprint density at radius 1 is 0.848 bits per heavy atom. The van der Waals surface area contributed by atoms with Gasteiger partial charge in [0, 0.05) is 44.3 Å². The number of nitrogens with zero attached hydrogens (tertiary/aromatic N) is 2. The molecule has 33 heavy (non-hydrogen) atoms. The summed E-state index contributed by atoms with van der Waals surface area (Å²) in [4.78, 5) is 4.56. The Labute approximate surface area is 200 Å². The van der Waals surface area contributed by atoms with Crippen LogP contribution in [0.1, 0.15) is 5.56 Å². The quantitative estimate of drug-likeness (QED) is 0.597. The minimum Gasteiger partial charge on any atom is -0.492 e. The summed E-state index contributed by atoms with van der Waals surface area (Å²) in [6.07, 6.45) is 0. The summed E-state index contributed by atoms with van der Waals surface area (Å²) in [6.45, 7) is 8.05. The van der Waals surface area contributed by atoms with Gasteiger partial charge in [0.15, 0.2) is 0 Å². The minimum atomic E-state index is -1.08. The van der Waals surface area contributed by atoms with Crippen LogP contribution in [0.4, 0.5) is 0 Å². The summed E-state index contributed by atoms with van der Waals surface area (Å²) in [5.74, 6) is 1.55. The van der Waals surface area contributed by atoms with Gasteiger partial charge in [-0.3, -0.25) is 9.80 Å². The van der Waals surface area contributed by atoms with Crippen molar-refractivity contribution in [3.8, 4) is 11.5 Å². The van der Waals surface area contributed by atoms with Crippen molar-refractivity contribution in [3.05, 3.63) is 59.1 Å². The standard InChI is InChI=1S/C25H33ClN2O5/c26-22-3-7-24(8-4-22)33-20-25(29)18-28(11-15-31-19-25)17-21-1-5-23(6-2-21)32-16-12-27-9-13-30-14-10-27/h1-8,29H,9-20H2/t25-/m1/s1. The van der Waals surface area contributed by atoms with Gasteiger partial charge in [-0.2, -0.15) is 0 Å². The summed E-state index contributed by atoms with van der Waals surface area (Å²) in [6, 6.07) is 15.3. The van der Waals surface area contributed by atoms with Crippen molar-refractivity contribution in [2.24, 2.45) is 0 Å². The SMILES string of the molecule is O[C@@]1(COc2ccc(Cl)cc2)COCCN(Cc2ccc(OCCN3CCOCC3)cc2)C1. The van der Waals surface area contributed by atoms with E-state index >= 15 is 0 Å². The van der Waals surface area contributed by atoms with Crippen LogP contribution in [-0.4, -0.2) is 92.9 Å². The molecule has 1 atom stereocenters. The number of morpholine rings is 1. The molecule has 4 rings (SSSR count). The van der Waals surface area contributed by atoms with Crippen LogP contribution in [0.25, 0.3) is 0 Å². The molecule has 2 heterocycles. The molecule has 0 unspecified atom stereocenters. The van der Waals surface area contributed by atoms with Gasteiger partial charge in [0.25, 0.3) is 0 Å². The maximum absolute atomic E-state index is 11.1. The van der Waals surface area contributed by atoms with Crippen LogP contribution >= 0.6 is 11.6 Å². The van der Waals surface area contributed by atoms with Crippen molar-refractivity contribution in [2.75, 3.05) is 72.4 Å². The van der Waals surface area contributed by atoms with E-state index in [1.165, 1.54) is 5.56 Å². The molecule has 2 saturated heterocycles. The second kappa shape index (κ2) is 12.0. The van der Waals surface area contributed by atoms with E-state index in [1.54, 1.807) is 24.3 Å². The van der Waals surface area contributed by atoms with Crippen LogP contribution in [0.15, 0.2) is 48.5 Å². The van der Waals surface area contributed by atoms with Gasteiger partial charge in [-0.05, 0) is 42.0 Å². The molecule has 0 bridgehead atoms. The maximum Gasteiger partial charge on any atom is 0.134 e. The van der Waals surface area contributed by atoms with Gasteiger partial charge in [-0.1, -0.05) is 23.7 Å². The lowest BCUT2D eigenvalue weighted by Gasteiger charge is -2.30. The van der Waals surface area contributed by atoms with E-state index in [1.807, 2.05) is 12.1 Å². The number of hydrogen-bond donors (Lipinski definition) is 1. The van der Waals surface area contributed by atoms with E-state index in [2.05, 4.69) is 21.9 Å². The molecule has 0 aliphatic carbocycles. The number of aliphatic hydroxyl groups is 1. The highest BCUT2D eigenvalue weighted by molar-refractivity contribution is 6.30. The van der Waals surface area contributed by atoms with Gasteiger partial charge in [0.2, 0.25) is 0 Å². The highest BCUT2D eigenvalue weighted by Crippen LogP contribution is 2.21. The van der Waals surface area contributed by atoms with Crippen LogP contribution in [-0.2, 0) is 16.0 Å². The van der Waals surface area contributed by atoms with Crippen LogP contribution in [0.3, 0.4) is 0 Å². The number of ether oxygens (including phenoxy) is 4. The number of halogens is 1. The smallest absolute Gasteiger partial charge is 0.134 e. The van der Waals surface area contributed by atoms with Crippen LogP contribution < -0.4 is 9.47 Å². The normalized spacial score (nSPS) is 22.6. The van der Waals surface area contributed by atoms with E-state index in [0.717, 1.165) is 51.7 Å². The fourth-order valence-electron chi connectivity index (χ4n) is 4.03. The number of β-amino-alcohol motifs (C(OH)–C–C–N with tert-alkyl or cyclic N) is 1. The third-order valence-corrected chi connectivity index (χ3v) is 6.12. The summed E-state index contributed by atoms with van der Waals surface area (Å²) in [7, 11) is 0. The molecule has 2 aromatic rings. The van der Waals surface area contributed by atoms with Gasteiger partial charge in [-0.25, -0.2) is 0 Å². The van der Waals surface area contributed by atoms with Crippen LogP contribution in [0.5, 0.6) is 11.5 Å². The molecule has 0 saturated carbocycles. The van der Waals surface area contributed by atoms with Crippen molar-refractivity contribution < 1.29 is 24.1 Å². The van der Waals surface area contributed by atoms with Crippen molar-refractivity contribution >= 4 is 11.6 Å². The summed E-state index contributed by atoms with van der Waals surface area (Å²) in [5, 5.41) is 11.8. The molecule has 2 aliphatic rings. The average molecular weight is 477 g/mol. The monoisotopic (exact) mass is 476 g/mol. The zero-order chi connectivity index (χ0) is 22.9. The molecular weight excluding hydrogens is 444 g/mol. The fourth-order valence-corrected chi connectivity index (χ4v) is 4.16. The van der Waals surface area contributed by atoms with Gasteiger partial charge < -0.3 is 24.1 Å². The van der Waals surface area contributed by atoms with E-state index in [9.17, 15) is 5.11 Å². The zero-order valence-corrected chi connectivity index (χ0v) is 19.7. The predicted octanol–water partition coefficient (Wildman–Crippen LogP) is 2.69. The third kappa shape index (κ3) is 7.84. The van der Waals surface area contributed by atoms with Gasteiger partial charge in [0.1, 0.15) is 30.3 Å². The Hall–Kier alpha value is -1.87. The van der Waals surface area contributed by atoms with Crippen molar-refractivity contribution in [3.63, 3.8) is 0 Å². The van der Waals surface area contributed by atoms with Crippen LogP contribution in [0, 0.1) is 0 Å².